The number of hydrogen-bond donors (Lipinski definition) is 3. The first-order valence-corrected chi connectivity index (χ1v) is 6.46. The number of halogens is 1. The molecular formula is C10H11AtFN3O4. The predicted molar refractivity (Wildman–Crippen MR) is 58.2 cm³/mol. The number of methoxy groups -OCH3 is 1. The van der Waals surface area contributed by atoms with Gasteiger partial charge in [-0.2, -0.15) is 0 Å². The molecule has 19 heavy (non-hydrogen) atoms. The third-order valence-electron chi connectivity index (χ3n) is 2.29. The molecule has 0 radical (unpaired) electrons. The summed E-state index contributed by atoms with van der Waals surface area (Å²) in [6.07, 6.45) is -0.313. The molecule has 1 aromatic heterocycles. The molecule has 0 saturated heterocycles. The predicted octanol–water partition coefficient (Wildman–Crippen LogP) is -1.54. The minimum absolute atomic E-state index is 0.00642. The standard InChI is InChI=1S/C10H11AtFN3O4/c1-19-9-5(8(14)16)6(11)7(12)4(15-9)2-3(13)10(17)18/h3H,2,13H2,1H3,(H2,14,16)(H,17,18). The van der Waals surface area contributed by atoms with Crippen molar-refractivity contribution in [3.8, 4) is 5.88 Å². The number of amides is 1. The molecule has 9 heteroatoms. The molecule has 5 N–H and O–H groups in total. The number of carbonyl (C=O) groups is 2. The average molecular weight is 466 g/mol. The van der Waals surface area contributed by atoms with Crippen molar-refractivity contribution in [2.45, 2.75) is 12.5 Å². The summed E-state index contributed by atoms with van der Waals surface area (Å²) in [5.41, 5.74) is 10.1. The van der Waals surface area contributed by atoms with Crippen LogP contribution in [0.4, 0.5) is 4.39 Å². The maximum atomic E-state index is 14.0. The Balaban J connectivity index is 3.33. The zero-order valence-corrected chi connectivity index (χ0v) is 12.8. The number of nitrogens with zero attached hydrogens (tertiary/aromatic N) is 1. The van der Waals surface area contributed by atoms with E-state index in [1.165, 1.54) is 7.11 Å². The van der Waals surface area contributed by atoms with Crippen molar-refractivity contribution in [2.75, 3.05) is 7.11 Å². The summed E-state index contributed by atoms with van der Waals surface area (Å²) < 4.78 is 18.9. The van der Waals surface area contributed by atoms with Gasteiger partial charge in [0.2, 0.25) is 0 Å². The third-order valence-corrected chi connectivity index (χ3v) is 3.67. The van der Waals surface area contributed by atoms with Gasteiger partial charge in [-0.15, -0.1) is 0 Å². The first kappa shape index (κ1) is 15.7. The average Bonchev–Trinajstić information content (AvgIpc) is 2.33. The molecule has 1 heterocycles. The number of carbonyl (C=O) groups excluding carboxylic acids is 1. The Morgan fingerprint density at radius 2 is 2.16 bits per heavy atom. The van der Waals surface area contributed by atoms with E-state index in [0.29, 0.717) is 0 Å². The van der Waals surface area contributed by atoms with Gasteiger partial charge in [0.25, 0.3) is 0 Å². The van der Waals surface area contributed by atoms with Crippen molar-refractivity contribution in [3.05, 3.63) is 17.1 Å². The van der Waals surface area contributed by atoms with Crippen LogP contribution in [0.15, 0.2) is 0 Å². The van der Waals surface area contributed by atoms with E-state index < -0.39 is 23.7 Å². The normalized spacial score (nSPS) is 12.0. The fourth-order valence-electron chi connectivity index (χ4n) is 1.35. The Bertz CT molecular complexity index is 538. The van der Waals surface area contributed by atoms with Gasteiger partial charge in [-0.1, -0.05) is 0 Å². The van der Waals surface area contributed by atoms with Crippen LogP contribution in [-0.2, 0) is 11.2 Å². The number of rotatable bonds is 5. The molecule has 1 aromatic rings. The van der Waals surface area contributed by atoms with Crippen LogP contribution in [0.1, 0.15) is 16.1 Å². The second-order valence-electron chi connectivity index (χ2n) is 3.58. The van der Waals surface area contributed by atoms with Gasteiger partial charge < -0.3 is 0 Å². The molecule has 1 rings (SSSR count). The molecule has 0 bridgehead atoms. The second-order valence-corrected chi connectivity index (χ2v) is 5.05. The summed E-state index contributed by atoms with van der Waals surface area (Å²) in [6, 6.07) is -1.29. The molecule has 0 spiro atoms. The molecule has 1 unspecified atom stereocenters. The number of carboxylic acid groups (broad SMARTS) is 1. The van der Waals surface area contributed by atoms with Gasteiger partial charge in [0.05, 0.1) is 0 Å². The van der Waals surface area contributed by atoms with Crippen molar-refractivity contribution >= 4 is 15.1 Å². The molecule has 0 aliphatic carbocycles. The summed E-state index contributed by atoms with van der Waals surface area (Å²) >= 11 is 0.873. The van der Waals surface area contributed by atoms with Crippen LogP contribution in [-0.4, -0.2) is 35.1 Å². The molecule has 7 nitrogen and oxygen atoms in total. The second kappa shape index (κ2) is 6.21. The zero-order chi connectivity index (χ0) is 14.7. The third kappa shape index (κ3) is 3.36. The van der Waals surface area contributed by atoms with Crippen molar-refractivity contribution in [3.63, 3.8) is 0 Å². The molecule has 0 aromatic carbocycles. The monoisotopic (exact) mass is 466 g/mol. The molecule has 0 fully saturated rings. The number of primary amides is 1. The van der Waals surface area contributed by atoms with Gasteiger partial charge in [0.1, 0.15) is 0 Å². The van der Waals surface area contributed by atoms with Crippen LogP contribution >= 0.6 is 0 Å². The summed E-state index contributed by atoms with van der Waals surface area (Å²) in [4.78, 5) is 25.6. The SMILES string of the molecule is COc1nc(CC(N)C(=O)O)c(F)c([At])c1C(N)=O. The van der Waals surface area contributed by atoms with E-state index >= 15 is 0 Å². The minimum atomic E-state index is -1.29. The van der Waals surface area contributed by atoms with Gasteiger partial charge >= 0.3 is 123 Å². The molecule has 0 aliphatic rings. The summed E-state index contributed by atoms with van der Waals surface area (Å²) in [7, 11) is 1.25. The summed E-state index contributed by atoms with van der Waals surface area (Å²) in [5.74, 6) is -3.07. The summed E-state index contributed by atoms with van der Waals surface area (Å²) in [5, 5.41) is 8.70. The molecule has 1 amide bonds. The molecule has 104 valence electrons. The Kier molecular flexibility index (Phi) is 5.14. The Morgan fingerprint density at radius 1 is 1.58 bits per heavy atom. The molecule has 0 aliphatic heterocycles. The number of pyridine rings is 1. The number of hydrogen-bond acceptors (Lipinski definition) is 5. The number of nitrogens with two attached hydrogens (primary N) is 2. The Hall–Kier alpha value is -1.34. The first-order valence-electron chi connectivity index (χ1n) is 4.99. The van der Waals surface area contributed by atoms with Gasteiger partial charge in [0.15, 0.2) is 0 Å². The van der Waals surface area contributed by atoms with Crippen molar-refractivity contribution in [1.29, 1.82) is 0 Å². The fourth-order valence-corrected chi connectivity index (χ4v) is 2.45. The van der Waals surface area contributed by atoms with Crippen molar-refractivity contribution in [1.82, 2.24) is 4.98 Å². The van der Waals surface area contributed by atoms with E-state index in [1.54, 1.807) is 0 Å². The van der Waals surface area contributed by atoms with E-state index in [1.807, 2.05) is 0 Å². The van der Waals surface area contributed by atoms with Crippen LogP contribution in [0.2, 0.25) is 0 Å². The number of aromatic nitrogens is 1. The van der Waals surface area contributed by atoms with E-state index in [9.17, 15) is 14.0 Å². The fraction of sp³-hybridized carbons (Fsp3) is 0.300. The van der Waals surface area contributed by atoms with Crippen LogP contribution in [0.3, 0.4) is 0 Å². The molecular weight excluding hydrogens is 455 g/mol. The summed E-state index contributed by atoms with van der Waals surface area (Å²) in [6.45, 7) is 0. The number of ether oxygens (including phenoxy) is 1. The van der Waals surface area contributed by atoms with Gasteiger partial charge in [-0.25, -0.2) is 0 Å². The number of aliphatic carboxylic acids is 1. The van der Waals surface area contributed by atoms with Crippen LogP contribution in [0.5, 0.6) is 5.88 Å². The van der Waals surface area contributed by atoms with Crippen LogP contribution in [0, 0.1) is 30.5 Å². The zero-order valence-electron chi connectivity index (χ0n) is 9.81. The van der Waals surface area contributed by atoms with E-state index in [2.05, 4.69) is 4.98 Å². The van der Waals surface area contributed by atoms with E-state index in [0.717, 1.165) is 24.7 Å². The van der Waals surface area contributed by atoms with Crippen molar-refractivity contribution < 1.29 is 48.5 Å². The van der Waals surface area contributed by atoms with E-state index in [4.69, 9.17) is 21.3 Å². The van der Waals surface area contributed by atoms with Crippen LogP contribution < -0.4 is 19.5 Å². The Morgan fingerprint density at radius 3 is 2.58 bits per heavy atom. The van der Waals surface area contributed by atoms with Crippen LogP contribution in [0.25, 0.3) is 0 Å². The topological polar surface area (TPSA) is 129 Å². The quantitative estimate of drug-likeness (QED) is 0.483. The van der Waals surface area contributed by atoms with Gasteiger partial charge in [-0.3, -0.25) is 0 Å². The maximum absolute atomic E-state index is 14.0. The van der Waals surface area contributed by atoms with Gasteiger partial charge in [-0.05, 0) is 0 Å². The molecule has 0 saturated carbocycles. The van der Waals surface area contributed by atoms with Crippen molar-refractivity contribution in [2.24, 2.45) is 11.5 Å². The Labute approximate surface area is 123 Å². The number of carboxylic acids is 1. The van der Waals surface area contributed by atoms with E-state index in [-0.39, 0.29) is 26.8 Å². The molecule has 1 atom stereocenters. The first-order chi connectivity index (χ1) is 8.79. The van der Waals surface area contributed by atoms with Gasteiger partial charge in [0, 0.05) is 0 Å².